The zero-order valence-corrected chi connectivity index (χ0v) is 10.1. The highest BCUT2D eigenvalue weighted by Gasteiger charge is 2.06. The molecule has 0 fully saturated rings. The fraction of sp³-hybridized carbons (Fsp3) is 0.417. The van der Waals surface area contributed by atoms with E-state index in [0.29, 0.717) is 13.0 Å². The van der Waals surface area contributed by atoms with Crippen LogP contribution >= 0.6 is 0 Å². The maximum absolute atomic E-state index is 11.1. The van der Waals surface area contributed by atoms with E-state index in [1.54, 1.807) is 7.05 Å². The number of hydrogen-bond donors (Lipinski definition) is 2. The Morgan fingerprint density at radius 2 is 2.19 bits per heavy atom. The quantitative estimate of drug-likeness (QED) is 0.750. The first-order valence-corrected chi connectivity index (χ1v) is 5.32. The molecule has 1 aromatic carbocycles. The van der Waals surface area contributed by atoms with Gasteiger partial charge < -0.3 is 16.0 Å². The van der Waals surface area contributed by atoms with Crippen molar-refractivity contribution in [3.63, 3.8) is 0 Å². The number of carbonyl (C=O) groups excluding carboxylic acids is 1. The minimum Gasteiger partial charge on any atom is -0.399 e. The van der Waals surface area contributed by atoms with Crippen molar-refractivity contribution in [2.45, 2.75) is 13.3 Å². The topological polar surface area (TPSA) is 58.4 Å². The van der Waals surface area contributed by atoms with E-state index < -0.39 is 0 Å². The zero-order chi connectivity index (χ0) is 12.1. The largest absolute Gasteiger partial charge is 0.399 e. The van der Waals surface area contributed by atoms with Crippen LogP contribution in [0.4, 0.5) is 11.4 Å². The van der Waals surface area contributed by atoms with Gasteiger partial charge in [0.05, 0.1) is 0 Å². The molecule has 4 heteroatoms. The summed E-state index contributed by atoms with van der Waals surface area (Å²) in [7, 11) is 3.61. The van der Waals surface area contributed by atoms with Gasteiger partial charge in [-0.2, -0.15) is 0 Å². The molecule has 0 aliphatic heterocycles. The number of carbonyl (C=O) groups is 1. The molecule has 0 aromatic heterocycles. The Labute approximate surface area is 96.4 Å². The average molecular weight is 221 g/mol. The standard InChI is InChI=1S/C12H19N3O/c1-9-4-5-10(13)8-11(9)15(3)7-6-12(16)14-2/h4-5,8H,6-7,13H2,1-3H3,(H,14,16). The highest BCUT2D eigenvalue weighted by Crippen LogP contribution is 2.21. The molecule has 1 rings (SSSR count). The summed E-state index contributed by atoms with van der Waals surface area (Å²) < 4.78 is 0. The first-order chi connectivity index (χ1) is 7.54. The number of nitrogen functional groups attached to an aromatic ring is 1. The van der Waals surface area contributed by atoms with Crippen LogP contribution in [0.5, 0.6) is 0 Å². The average Bonchev–Trinajstić information content (AvgIpc) is 2.28. The van der Waals surface area contributed by atoms with Crippen LogP contribution in [0.1, 0.15) is 12.0 Å². The monoisotopic (exact) mass is 221 g/mol. The number of nitrogens with two attached hydrogens (primary N) is 1. The van der Waals surface area contributed by atoms with Crippen LogP contribution < -0.4 is 16.0 Å². The summed E-state index contributed by atoms with van der Waals surface area (Å²) >= 11 is 0. The molecule has 0 radical (unpaired) electrons. The fourth-order valence-corrected chi connectivity index (χ4v) is 1.55. The van der Waals surface area contributed by atoms with Gasteiger partial charge in [0.15, 0.2) is 0 Å². The summed E-state index contributed by atoms with van der Waals surface area (Å²) in [6.45, 7) is 2.72. The molecule has 0 heterocycles. The number of nitrogens with zero attached hydrogens (tertiary/aromatic N) is 1. The molecule has 0 atom stereocenters. The maximum Gasteiger partial charge on any atom is 0.221 e. The number of rotatable bonds is 4. The molecule has 0 bridgehead atoms. The van der Waals surface area contributed by atoms with Crippen LogP contribution in [0, 0.1) is 6.92 Å². The minimum atomic E-state index is 0.0495. The number of nitrogens with one attached hydrogen (secondary N) is 1. The number of anilines is 2. The Morgan fingerprint density at radius 1 is 1.50 bits per heavy atom. The van der Waals surface area contributed by atoms with Crippen molar-refractivity contribution < 1.29 is 4.79 Å². The predicted molar refractivity (Wildman–Crippen MR) is 67.5 cm³/mol. The van der Waals surface area contributed by atoms with Gasteiger partial charge in [0.25, 0.3) is 0 Å². The zero-order valence-electron chi connectivity index (χ0n) is 10.1. The van der Waals surface area contributed by atoms with E-state index in [4.69, 9.17) is 5.73 Å². The van der Waals surface area contributed by atoms with Crippen molar-refractivity contribution in [2.75, 3.05) is 31.3 Å². The van der Waals surface area contributed by atoms with Crippen LogP contribution in [0.2, 0.25) is 0 Å². The first kappa shape index (κ1) is 12.4. The third-order valence-electron chi connectivity index (χ3n) is 2.60. The number of benzene rings is 1. The summed E-state index contributed by atoms with van der Waals surface area (Å²) in [5.74, 6) is 0.0495. The Bertz CT molecular complexity index is 377. The molecule has 0 saturated carbocycles. The Morgan fingerprint density at radius 3 is 2.81 bits per heavy atom. The lowest BCUT2D eigenvalue weighted by Crippen LogP contribution is -2.26. The van der Waals surface area contributed by atoms with Crippen molar-refractivity contribution >= 4 is 17.3 Å². The highest BCUT2D eigenvalue weighted by atomic mass is 16.1. The van der Waals surface area contributed by atoms with Crippen LogP contribution in [-0.4, -0.2) is 26.5 Å². The Balaban J connectivity index is 2.68. The third-order valence-corrected chi connectivity index (χ3v) is 2.60. The normalized spacial score (nSPS) is 9.94. The molecule has 1 amide bonds. The van der Waals surface area contributed by atoms with Crippen molar-refractivity contribution in [1.82, 2.24) is 5.32 Å². The summed E-state index contributed by atoms with van der Waals surface area (Å²) in [4.78, 5) is 13.2. The summed E-state index contributed by atoms with van der Waals surface area (Å²) in [5.41, 5.74) is 8.72. The molecule has 88 valence electrons. The molecule has 1 aromatic rings. The smallest absolute Gasteiger partial charge is 0.221 e. The van der Waals surface area contributed by atoms with Gasteiger partial charge in [0.1, 0.15) is 0 Å². The lowest BCUT2D eigenvalue weighted by atomic mass is 10.1. The van der Waals surface area contributed by atoms with Crippen LogP contribution in [0.3, 0.4) is 0 Å². The van der Waals surface area contributed by atoms with E-state index >= 15 is 0 Å². The maximum atomic E-state index is 11.1. The molecule has 0 saturated heterocycles. The van der Waals surface area contributed by atoms with E-state index in [1.807, 2.05) is 37.1 Å². The summed E-state index contributed by atoms with van der Waals surface area (Å²) in [5, 5.41) is 2.61. The first-order valence-electron chi connectivity index (χ1n) is 5.32. The molecule has 3 N–H and O–H groups in total. The molecular formula is C12H19N3O. The van der Waals surface area contributed by atoms with Gasteiger partial charge in [-0.15, -0.1) is 0 Å². The molecule has 16 heavy (non-hydrogen) atoms. The van der Waals surface area contributed by atoms with Gasteiger partial charge in [-0.25, -0.2) is 0 Å². The van der Waals surface area contributed by atoms with Crippen LogP contribution in [0.25, 0.3) is 0 Å². The summed E-state index contributed by atoms with van der Waals surface area (Å²) in [6.07, 6.45) is 0.487. The lowest BCUT2D eigenvalue weighted by molar-refractivity contribution is -0.120. The van der Waals surface area contributed by atoms with Gasteiger partial charge >= 0.3 is 0 Å². The van der Waals surface area contributed by atoms with Crippen molar-refractivity contribution in [3.05, 3.63) is 23.8 Å². The van der Waals surface area contributed by atoms with Gasteiger partial charge in [0.2, 0.25) is 5.91 Å². The highest BCUT2D eigenvalue weighted by molar-refractivity contribution is 5.76. The van der Waals surface area contributed by atoms with E-state index in [-0.39, 0.29) is 5.91 Å². The SMILES string of the molecule is CNC(=O)CCN(C)c1cc(N)ccc1C. The Kier molecular flexibility index (Phi) is 4.17. The number of hydrogen-bond acceptors (Lipinski definition) is 3. The van der Waals surface area contributed by atoms with Gasteiger partial charge in [-0.3, -0.25) is 4.79 Å². The van der Waals surface area contributed by atoms with Crippen molar-refractivity contribution in [1.29, 1.82) is 0 Å². The molecular weight excluding hydrogens is 202 g/mol. The third kappa shape index (κ3) is 3.15. The summed E-state index contributed by atoms with van der Waals surface area (Å²) in [6, 6.07) is 5.80. The molecule has 0 spiro atoms. The molecule has 0 aliphatic rings. The fourth-order valence-electron chi connectivity index (χ4n) is 1.55. The van der Waals surface area contributed by atoms with E-state index in [1.165, 1.54) is 0 Å². The number of amides is 1. The second kappa shape index (κ2) is 5.39. The second-order valence-corrected chi connectivity index (χ2v) is 3.89. The van der Waals surface area contributed by atoms with Gasteiger partial charge in [-0.05, 0) is 24.6 Å². The van der Waals surface area contributed by atoms with Crippen LogP contribution in [0.15, 0.2) is 18.2 Å². The van der Waals surface area contributed by atoms with Crippen molar-refractivity contribution in [3.8, 4) is 0 Å². The second-order valence-electron chi connectivity index (χ2n) is 3.89. The van der Waals surface area contributed by atoms with E-state index in [0.717, 1.165) is 16.9 Å². The number of aryl methyl sites for hydroxylation is 1. The lowest BCUT2D eigenvalue weighted by Gasteiger charge is -2.21. The minimum absolute atomic E-state index is 0.0495. The van der Waals surface area contributed by atoms with E-state index in [2.05, 4.69) is 5.32 Å². The van der Waals surface area contributed by atoms with Gasteiger partial charge in [0, 0.05) is 38.4 Å². The molecule has 0 aliphatic carbocycles. The van der Waals surface area contributed by atoms with E-state index in [9.17, 15) is 4.79 Å². The van der Waals surface area contributed by atoms with Crippen LogP contribution in [-0.2, 0) is 4.79 Å². The van der Waals surface area contributed by atoms with Crippen molar-refractivity contribution in [2.24, 2.45) is 0 Å². The Hall–Kier alpha value is -1.71. The molecule has 0 unspecified atom stereocenters. The predicted octanol–water partition coefficient (Wildman–Crippen LogP) is 1.15. The van der Waals surface area contributed by atoms with Gasteiger partial charge in [-0.1, -0.05) is 6.07 Å². The molecule has 4 nitrogen and oxygen atoms in total.